The van der Waals surface area contributed by atoms with Crippen LogP contribution in [0.25, 0.3) is 0 Å². The van der Waals surface area contributed by atoms with E-state index < -0.39 is 0 Å². The number of hydrogen-bond donors (Lipinski definition) is 1. The molecule has 172 valence electrons. The number of nitrogens with zero attached hydrogens (tertiary/aromatic N) is 3. The fourth-order valence-electron chi connectivity index (χ4n) is 4.48. The molecule has 34 heavy (non-hydrogen) atoms. The Balaban J connectivity index is 1.32. The summed E-state index contributed by atoms with van der Waals surface area (Å²) < 4.78 is 4.59. The van der Waals surface area contributed by atoms with E-state index in [1.807, 2.05) is 36.4 Å². The molecule has 4 aromatic rings. The van der Waals surface area contributed by atoms with E-state index >= 15 is 0 Å². The molecule has 0 saturated carbocycles. The van der Waals surface area contributed by atoms with Gasteiger partial charge in [0.1, 0.15) is 11.9 Å². The molecule has 1 unspecified atom stereocenters. The molecule has 1 aromatic heterocycles. The molecule has 1 aliphatic rings. The molecule has 1 atom stereocenters. The van der Waals surface area contributed by atoms with E-state index in [0.29, 0.717) is 6.42 Å². The number of benzene rings is 3. The van der Waals surface area contributed by atoms with Crippen molar-refractivity contribution in [3.05, 3.63) is 113 Å². The molecular formula is C28H28N4OS. The van der Waals surface area contributed by atoms with Gasteiger partial charge in [-0.3, -0.25) is 4.79 Å². The van der Waals surface area contributed by atoms with Crippen LogP contribution in [0, 0.1) is 6.92 Å². The fraction of sp³-hybridized carbons (Fsp3) is 0.250. The maximum Gasteiger partial charge on any atom is 0.243 e. The molecule has 6 heteroatoms. The number of anilines is 1. The smallest absolute Gasteiger partial charge is 0.243 e. The SMILES string of the molecule is Cc1ccc(Cc2nsc(N3CCCC3C(=O)NC(c3ccccc3)c3ccccc3)n2)cc1. The van der Waals surface area contributed by atoms with Crippen molar-refractivity contribution in [2.75, 3.05) is 11.4 Å². The highest BCUT2D eigenvalue weighted by Crippen LogP contribution is 2.29. The topological polar surface area (TPSA) is 58.1 Å². The highest BCUT2D eigenvalue weighted by Gasteiger charge is 2.34. The monoisotopic (exact) mass is 468 g/mol. The normalized spacial score (nSPS) is 15.6. The van der Waals surface area contributed by atoms with Crippen LogP contribution < -0.4 is 10.2 Å². The van der Waals surface area contributed by atoms with E-state index in [-0.39, 0.29) is 18.0 Å². The predicted octanol–water partition coefficient (Wildman–Crippen LogP) is 5.31. The van der Waals surface area contributed by atoms with Crippen LogP contribution in [-0.2, 0) is 11.2 Å². The number of aryl methyl sites for hydroxylation is 1. The number of hydrogen-bond acceptors (Lipinski definition) is 5. The number of rotatable bonds is 7. The van der Waals surface area contributed by atoms with E-state index in [1.54, 1.807) is 0 Å². The molecule has 1 N–H and O–H groups in total. The second-order valence-electron chi connectivity index (χ2n) is 8.77. The first-order valence-electron chi connectivity index (χ1n) is 11.7. The average molecular weight is 469 g/mol. The summed E-state index contributed by atoms with van der Waals surface area (Å²) in [5, 5.41) is 4.15. The second kappa shape index (κ2) is 10.2. The van der Waals surface area contributed by atoms with Crippen molar-refractivity contribution in [2.24, 2.45) is 0 Å². The molecule has 0 aliphatic carbocycles. The number of carbonyl (C=O) groups excluding carboxylic acids is 1. The Morgan fingerprint density at radius 3 is 2.29 bits per heavy atom. The third-order valence-corrected chi connectivity index (χ3v) is 7.08. The maximum atomic E-state index is 13.5. The van der Waals surface area contributed by atoms with Crippen LogP contribution in [0.15, 0.2) is 84.9 Å². The standard InChI is InChI=1S/C28H28N4OS/c1-20-14-16-21(17-15-20)19-25-29-28(34-31-25)32-18-8-13-24(32)27(33)30-26(22-9-4-2-5-10-22)23-11-6-3-7-12-23/h2-7,9-12,14-17,24,26H,8,13,18-19H2,1H3,(H,30,33). The molecule has 1 amide bonds. The Bertz CT molecular complexity index is 1180. The van der Waals surface area contributed by atoms with Crippen molar-refractivity contribution in [3.8, 4) is 0 Å². The van der Waals surface area contributed by atoms with Crippen molar-refractivity contribution in [2.45, 2.75) is 38.3 Å². The fourth-order valence-corrected chi connectivity index (χ4v) is 5.24. The summed E-state index contributed by atoms with van der Waals surface area (Å²) in [7, 11) is 0. The van der Waals surface area contributed by atoms with Crippen LogP contribution in [0.3, 0.4) is 0 Å². The summed E-state index contributed by atoms with van der Waals surface area (Å²) in [5.41, 5.74) is 4.58. The van der Waals surface area contributed by atoms with Gasteiger partial charge in [-0.1, -0.05) is 90.5 Å². The lowest BCUT2D eigenvalue weighted by Crippen LogP contribution is -2.44. The van der Waals surface area contributed by atoms with E-state index in [1.165, 1.54) is 22.7 Å². The van der Waals surface area contributed by atoms with E-state index in [2.05, 4.69) is 70.0 Å². The summed E-state index contributed by atoms with van der Waals surface area (Å²) >= 11 is 1.39. The van der Waals surface area contributed by atoms with Crippen LogP contribution in [0.1, 0.15) is 47.0 Å². The van der Waals surface area contributed by atoms with Gasteiger partial charge >= 0.3 is 0 Å². The quantitative estimate of drug-likeness (QED) is 0.399. The minimum absolute atomic E-state index is 0.0329. The highest BCUT2D eigenvalue weighted by atomic mass is 32.1. The van der Waals surface area contributed by atoms with Gasteiger partial charge in [-0.15, -0.1) is 0 Å². The highest BCUT2D eigenvalue weighted by molar-refractivity contribution is 7.09. The molecule has 3 aromatic carbocycles. The van der Waals surface area contributed by atoms with Crippen LogP contribution in [0.5, 0.6) is 0 Å². The van der Waals surface area contributed by atoms with Crippen molar-refractivity contribution < 1.29 is 4.79 Å². The number of aromatic nitrogens is 2. The number of carbonyl (C=O) groups is 1. The van der Waals surface area contributed by atoms with Gasteiger partial charge in [0.05, 0.1) is 6.04 Å². The molecule has 1 aliphatic heterocycles. The third kappa shape index (κ3) is 5.02. The van der Waals surface area contributed by atoms with Gasteiger partial charge in [0, 0.05) is 24.5 Å². The lowest BCUT2D eigenvalue weighted by atomic mass is 9.98. The first-order valence-corrected chi connectivity index (χ1v) is 12.5. The van der Waals surface area contributed by atoms with Gasteiger partial charge in [0.25, 0.3) is 0 Å². The van der Waals surface area contributed by atoms with Gasteiger partial charge in [-0.05, 0) is 36.5 Å². The van der Waals surface area contributed by atoms with E-state index in [9.17, 15) is 4.79 Å². The van der Waals surface area contributed by atoms with Gasteiger partial charge in [-0.25, -0.2) is 4.98 Å². The summed E-state index contributed by atoms with van der Waals surface area (Å²) in [6, 6.07) is 28.3. The summed E-state index contributed by atoms with van der Waals surface area (Å²) in [6.45, 7) is 2.90. The van der Waals surface area contributed by atoms with Crippen LogP contribution in [0.2, 0.25) is 0 Å². The largest absolute Gasteiger partial charge is 0.343 e. The molecular weight excluding hydrogens is 440 g/mol. The molecule has 5 rings (SSSR count). The molecule has 2 heterocycles. The van der Waals surface area contributed by atoms with Crippen molar-refractivity contribution in [1.29, 1.82) is 0 Å². The minimum Gasteiger partial charge on any atom is -0.343 e. The van der Waals surface area contributed by atoms with Gasteiger partial charge in [0.15, 0.2) is 0 Å². The first kappa shape index (κ1) is 22.3. The van der Waals surface area contributed by atoms with Crippen molar-refractivity contribution >= 4 is 22.6 Å². The van der Waals surface area contributed by atoms with Gasteiger partial charge in [0.2, 0.25) is 11.0 Å². The Kier molecular flexibility index (Phi) is 6.67. The molecule has 0 radical (unpaired) electrons. The Hall–Kier alpha value is -3.51. The molecule has 0 bridgehead atoms. The lowest BCUT2D eigenvalue weighted by Gasteiger charge is -2.26. The Labute approximate surface area is 204 Å². The van der Waals surface area contributed by atoms with Gasteiger partial charge < -0.3 is 10.2 Å². The van der Waals surface area contributed by atoms with Crippen LogP contribution in [-0.4, -0.2) is 27.9 Å². The molecule has 1 saturated heterocycles. The molecule has 0 spiro atoms. The Morgan fingerprint density at radius 2 is 1.65 bits per heavy atom. The second-order valence-corrected chi connectivity index (χ2v) is 9.50. The van der Waals surface area contributed by atoms with E-state index in [4.69, 9.17) is 4.98 Å². The predicted molar refractivity (Wildman–Crippen MR) is 137 cm³/mol. The number of nitrogens with one attached hydrogen (secondary N) is 1. The van der Waals surface area contributed by atoms with Crippen LogP contribution >= 0.6 is 11.5 Å². The Morgan fingerprint density at radius 1 is 1.00 bits per heavy atom. The summed E-state index contributed by atoms with van der Waals surface area (Å²) in [6.07, 6.45) is 2.48. The van der Waals surface area contributed by atoms with Crippen molar-refractivity contribution in [1.82, 2.24) is 14.7 Å². The lowest BCUT2D eigenvalue weighted by molar-refractivity contribution is -0.122. The summed E-state index contributed by atoms with van der Waals surface area (Å²) in [5.74, 6) is 0.840. The minimum atomic E-state index is -0.241. The average Bonchev–Trinajstić information content (AvgIpc) is 3.55. The van der Waals surface area contributed by atoms with Crippen LogP contribution in [0.4, 0.5) is 5.13 Å². The molecule has 5 nitrogen and oxygen atoms in total. The molecule has 1 fully saturated rings. The number of amides is 1. The maximum absolute atomic E-state index is 13.5. The first-order chi connectivity index (χ1) is 16.7. The van der Waals surface area contributed by atoms with Crippen molar-refractivity contribution in [3.63, 3.8) is 0 Å². The zero-order valence-electron chi connectivity index (χ0n) is 19.2. The summed E-state index contributed by atoms with van der Waals surface area (Å²) in [4.78, 5) is 20.4. The zero-order valence-corrected chi connectivity index (χ0v) is 20.0. The van der Waals surface area contributed by atoms with E-state index in [0.717, 1.165) is 41.5 Å². The van der Waals surface area contributed by atoms with Gasteiger partial charge in [-0.2, -0.15) is 4.37 Å². The third-order valence-electron chi connectivity index (χ3n) is 6.29. The zero-order chi connectivity index (χ0) is 23.3.